The van der Waals surface area contributed by atoms with E-state index in [9.17, 15) is 0 Å². The molecule has 1 aromatic carbocycles. The van der Waals surface area contributed by atoms with Gasteiger partial charge in [0.1, 0.15) is 0 Å². The molecule has 0 amide bonds. The first-order valence-electron chi connectivity index (χ1n) is 8.52. The van der Waals surface area contributed by atoms with Crippen LogP contribution in [0.1, 0.15) is 64.4 Å². The van der Waals surface area contributed by atoms with Gasteiger partial charge in [-0.1, -0.05) is 70.1 Å². The number of nitrogens with one attached hydrogen (secondary N) is 1. The molecule has 2 unspecified atom stereocenters. The SMILES string of the molecule is CCC(C)C(CCCC1CCC1)Nc1ccc(C)cc1. The maximum Gasteiger partial charge on any atom is 0.0342 e. The van der Waals surface area contributed by atoms with Crippen LogP contribution in [0.25, 0.3) is 0 Å². The molecule has 1 saturated carbocycles. The van der Waals surface area contributed by atoms with E-state index in [1.54, 1.807) is 0 Å². The lowest BCUT2D eigenvalue weighted by Gasteiger charge is -2.28. The summed E-state index contributed by atoms with van der Waals surface area (Å²) in [5.74, 6) is 1.80. The molecule has 1 aliphatic rings. The van der Waals surface area contributed by atoms with Crippen LogP contribution in [0.3, 0.4) is 0 Å². The average Bonchev–Trinajstić information content (AvgIpc) is 2.41. The fourth-order valence-corrected chi connectivity index (χ4v) is 3.06. The molecule has 20 heavy (non-hydrogen) atoms. The van der Waals surface area contributed by atoms with Crippen molar-refractivity contribution in [2.24, 2.45) is 11.8 Å². The third-order valence-corrected chi connectivity index (χ3v) is 5.09. The van der Waals surface area contributed by atoms with Crippen molar-refractivity contribution in [1.29, 1.82) is 0 Å². The molecule has 2 rings (SSSR count). The van der Waals surface area contributed by atoms with Crippen molar-refractivity contribution in [2.45, 2.75) is 71.8 Å². The average molecular weight is 273 g/mol. The molecule has 0 bridgehead atoms. The highest BCUT2D eigenvalue weighted by Gasteiger charge is 2.19. The predicted octanol–water partition coefficient (Wildman–Crippen LogP) is 5.79. The van der Waals surface area contributed by atoms with Gasteiger partial charge in [0.2, 0.25) is 0 Å². The van der Waals surface area contributed by atoms with E-state index < -0.39 is 0 Å². The maximum absolute atomic E-state index is 3.77. The lowest BCUT2D eigenvalue weighted by molar-refractivity contribution is 0.280. The molecule has 2 atom stereocenters. The number of hydrogen-bond acceptors (Lipinski definition) is 1. The highest BCUT2D eigenvalue weighted by atomic mass is 14.9. The fourth-order valence-electron chi connectivity index (χ4n) is 3.06. The van der Waals surface area contributed by atoms with Gasteiger partial charge in [-0.25, -0.2) is 0 Å². The fraction of sp³-hybridized carbons (Fsp3) is 0.684. The summed E-state index contributed by atoms with van der Waals surface area (Å²) in [5, 5.41) is 3.77. The van der Waals surface area contributed by atoms with Crippen LogP contribution in [0.15, 0.2) is 24.3 Å². The molecular formula is C19H31N. The minimum atomic E-state index is 0.628. The summed E-state index contributed by atoms with van der Waals surface area (Å²) in [6, 6.07) is 9.46. The molecule has 1 aliphatic carbocycles. The van der Waals surface area contributed by atoms with Gasteiger partial charge >= 0.3 is 0 Å². The predicted molar refractivity (Wildman–Crippen MR) is 89.2 cm³/mol. The molecule has 1 fully saturated rings. The highest BCUT2D eigenvalue weighted by Crippen LogP contribution is 2.31. The van der Waals surface area contributed by atoms with Crippen molar-refractivity contribution in [3.63, 3.8) is 0 Å². The van der Waals surface area contributed by atoms with Gasteiger partial charge in [0.15, 0.2) is 0 Å². The number of anilines is 1. The Kier molecular flexibility index (Phi) is 5.94. The Hall–Kier alpha value is -0.980. The zero-order valence-corrected chi connectivity index (χ0v) is 13.5. The standard InChI is InChI=1S/C19H31N/c1-4-16(3)19(10-6-9-17-7-5-8-17)20-18-13-11-15(2)12-14-18/h11-14,16-17,19-20H,4-10H2,1-3H3. The van der Waals surface area contributed by atoms with E-state index in [0.717, 1.165) is 11.8 Å². The quantitative estimate of drug-likeness (QED) is 0.632. The number of rotatable bonds is 8. The lowest BCUT2D eigenvalue weighted by Crippen LogP contribution is -2.27. The van der Waals surface area contributed by atoms with Crippen LogP contribution in [0.4, 0.5) is 5.69 Å². The molecule has 112 valence electrons. The zero-order valence-electron chi connectivity index (χ0n) is 13.5. The summed E-state index contributed by atoms with van der Waals surface area (Å²) >= 11 is 0. The Morgan fingerprint density at radius 3 is 2.45 bits per heavy atom. The van der Waals surface area contributed by atoms with Crippen molar-refractivity contribution >= 4 is 5.69 Å². The Morgan fingerprint density at radius 1 is 1.20 bits per heavy atom. The third kappa shape index (κ3) is 4.54. The van der Waals surface area contributed by atoms with Gasteiger partial charge in [0, 0.05) is 11.7 Å². The molecule has 0 saturated heterocycles. The largest absolute Gasteiger partial charge is 0.382 e. The Morgan fingerprint density at radius 2 is 1.90 bits per heavy atom. The molecule has 1 aromatic rings. The zero-order chi connectivity index (χ0) is 14.4. The smallest absolute Gasteiger partial charge is 0.0342 e. The van der Waals surface area contributed by atoms with Crippen LogP contribution >= 0.6 is 0 Å². The molecule has 0 aromatic heterocycles. The minimum Gasteiger partial charge on any atom is -0.382 e. The van der Waals surface area contributed by atoms with Crippen molar-refractivity contribution < 1.29 is 0 Å². The highest BCUT2D eigenvalue weighted by molar-refractivity contribution is 5.45. The lowest BCUT2D eigenvalue weighted by atomic mass is 9.81. The van der Waals surface area contributed by atoms with E-state index in [0.29, 0.717) is 6.04 Å². The van der Waals surface area contributed by atoms with Gasteiger partial charge < -0.3 is 5.32 Å². The van der Waals surface area contributed by atoms with E-state index >= 15 is 0 Å². The summed E-state index contributed by atoms with van der Waals surface area (Å²) in [7, 11) is 0. The summed E-state index contributed by atoms with van der Waals surface area (Å²) in [4.78, 5) is 0. The second kappa shape index (κ2) is 7.71. The first-order chi connectivity index (χ1) is 9.69. The van der Waals surface area contributed by atoms with Crippen LogP contribution in [0, 0.1) is 18.8 Å². The Labute approximate surface area is 125 Å². The van der Waals surface area contributed by atoms with E-state index in [4.69, 9.17) is 0 Å². The first-order valence-corrected chi connectivity index (χ1v) is 8.52. The Bertz CT molecular complexity index is 377. The molecule has 0 radical (unpaired) electrons. The maximum atomic E-state index is 3.77. The number of aryl methyl sites for hydroxylation is 1. The van der Waals surface area contributed by atoms with Gasteiger partial charge in [-0.3, -0.25) is 0 Å². The van der Waals surface area contributed by atoms with Crippen molar-refractivity contribution in [2.75, 3.05) is 5.32 Å². The van der Waals surface area contributed by atoms with Gasteiger partial charge in [-0.2, -0.15) is 0 Å². The van der Waals surface area contributed by atoms with Crippen LogP contribution in [-0.2, 0) is 0 Å². The van der Waals surface area contributed by atoms with Gasteiger partial charge in [-0.15, -0.1) is 0 Å². The van der Waals surface area contributed by atoms with Crippen LogP contribution < -0.4 is 5.32 Å². The van der Waals surface area contributed by atoms with Gasteiger partial charge in [0.05, 0.1) is 0 Å². The molecule has 1 heteroatoms. The Balaban J connectivity index is 1.83. The van der Waals surface area contributed by atoms with Crippen molar-refractivity contribution in [3.8, 4) is 0 Å². The molecule has 1 nitrogen and oxygen atoms in total. The molecule has 0 aliphatic heterocycles. The number of benzene rings is 1. The third-order valence-electron chi connectivity index (χ3n) is 5.09. The second-order valence-electron chi connectivity index (χ2n) is 6.73. The second-order valence-corrected chi connectivity index (χ2v) is 6.73. The summed E-state index contributed by atoms with van der Waals surface area (Å²) in [6.07, 6.45) is 9.85. The molecular weight excluding hydrogens is 242 g/mol. The van der Waals surface area contributed by atoms with Crippen LogP contribution in [-0.4, -0.2) is 6.04 Å². The topological polar surface area (TPSA) is 12.0 Å². The van der Waals surface area contributed by atoms with E-state index in [1.807, 2.05) is 0 Å². The van der Waals surface area contributed by atoms with Crippen molar-refractivity contribution in [1.82, 2.24) is 0 Å². The summed E-state index contributed by atoms with van der Waals surface area (Å²) in [6.45, 7) is 6.84. The first kappa shape index (κ1) is 15.4. The van der Waals surface area contributed by atoms with Crippen LogP contribution in [0.2, 0.25) is 0 Å². The summed E-state index contributed by atoms with van der Waals surface area (Å²) in [5.41, 5.74) is 2.62. The van der Waals surface area contributed by atoms with E-state index in [1.165, 1.54) is 56.2 Å². The summed E-state index contributed by atoms with van der Waals surface area (Å²) < 4.78 is 0. The number of hydrogen-bond donors (Lipinski definition) is 1. The van der Waals surface area contributed by atoms with E-state index in [2.05, 4.69) is 50.4 Å². The molecule has 0 spiro atoms. The molecule has 1 N–H and O–H groups in total. The van der Waals surface area contributed by atoms with Gasteiger partial charge in [-0.05, 0) is 37.3 Å². The van der Waals surface area contributed by atoms with Crippen LogP contribution in [0.5, 0.6) is 0 Å². The molecule has 0 heterocycles. The normalized spacial score (nSPS) is 18.4. The minimum absolute atomic E-state index is 0.628. The van der Waals surface area contributed by atoms with Crippen molar-refractivity contribution in [3.05, 3.63) is 29.8 Å². The van der Waals surface area contributed by atoms with Gasteiger partial charge in [0.25, 0.3) is 0 Å². The van der Waals surface area contributed by atoms with E-state index in [-0.39, 0.29) is 0 Å². The monoisotopic (exact) mass is 273 g/mol.